The number of halogens is 2. The monoisotopic (exact) mass is 477 g/mol. The van der Waals surface area contributed by atoms with Crippen LogP contribution < -0.4 is 11.2 Å². The quantitative estimate of drug-likeness (QED) is 0.407. The third kappa shape index (κ3) is 4.59. The van der Waals surface area contributed by atoms with Crippen LogP contribution in [0.25, 0.3) is 5.82 Å². The molecule has 3 N–H and O–H groups in total. The lowest BCUT2D eigenvalue weighted by Gasteiger charge is -2.33. The maximum atomic E-state index is 12.9. The Morgan fingerprint density at radius 2 is 2.22 bits per heavy atom. The minimum atomic E-state index is -0.541. The Hall–Kier alpha value is -3.02. The lowest BCUT2D eigenvalue weighted by Crippen LogP contribution is -2.38. The molecule has 1 amide bonds. The van der Waals surface area contributed by atoms with E-state index >= 15 is 0 Å². The Kier molecular flexibility index (Phi) is 6.68. The lowest BCUT2D eigenvalue weighted by atomic mass is 10.0. The number of hydrazone groups is 1. The van der Waals surface area contributed by atoms with Gasteiger partial charge in [-0.15, -0.1) is 5.10 Å². The molecular formula is C19H21Cl2N9O2. The normalized spacial score (nSPS) is 17.2. The van der Waals surface area contributed by atoms with Gasteiger partial charge in [-0.25, -0.2) is 10.1 Å². The van der Waals surface area contributed by atoms with Gasteiger partial charge in [-0.3, -0.25) is 9.69 Å². The molecule has 0 aliphatic carbocycles. The van der Waals surface area contributed by atoms with Gasteiger partial charge in [0.1, 0.15) is 0 Å². The fourth-order valence-electron chi connectivity index (χ4n) is 3.55. The van der Waals surface area contributed by atoms with Crippen molar-refractivity contribution in [2.45, 2.75) is 38.8 Å². The summed E-state index contributed by atoms with van der Waals surface area (Å²) in [7, 11) is 0. The van der Waals surface area contributed by atoms with E-state index < -0.39 is 5.91 Å². The number of likely N-dealkylation sites (tertiary alicyclic amines) is 1. The van der Waals surface area contributed by atoms with Gasteiger partial charge in [0.25, 0.3) is 5.91 Å². The number of aromatic nitrogens is 5. The van der Waals surface area contributed by atoms with Crippen LogP contribution in [0.1, 0.15) is 47.9 Å². The Bertz CT molecular complexity index is 1140. The average molecular weight is 478 g/mol. The van der Waals surface area contributed by atoms with Gasteiger partial charge in [0.15, 0.2) is 5.69 Å². The molecule has 1 saturated heterocycles. The van der Waals surface area contributed by atoms with Crippen LogP contribution in [0.3, 0.4) is 0 Å². The molecule has 0 radical (unpaired) electrons. The molecule has 1 atom stereocenters. The number of hydrogen-bond acceptors (Lipinski definition) is 9. The van der Waals surface area contributed by atoms with E-state index in [1.165, 1.54) is 17.3 Å². The zero-order chi connectivity index (χ0) is 22.7. The van der Waals surface area contributed by atoms with Gasteiger partial charge in [0, 0.05) is 18.2 Å². The highest BCUT2D eigenvalue weighted by atomic mass is 35.5. The number of anilines is 1. The number of rotatable bonds is 6. The van der Waals surface area contributed by atoms with Crippen LogP contribution in [-0.4, -0.2) is 54.9 Å². The molecule has 32 heavy (non-hydrogen) atoms. The molecule has 0 bridgehead atoms. The number of benzene rings is 1. The van der Waals surface area contributed by atoms with E-state index in [0.29, 0.717) is 33.9 Å². The number of nitrogens with one attached hydrogen (secondary N) is 1. The molecule has 168 valence electrons. The van der Waals surface area contributed by atoms with Crippen molar-refractivity contribution in [3.05, 3.63) is 45.2 Å². The molecule has 3 aromatic rings. The van der Waals surface area contributed by atoms with E-state index in [2.05, 4.69) is 43.0 Å². The number of piperidine rings is 1. The predicted octanol–water partition coefficient (Wildman–Crippen LogP) is 2.68. The average Bonchev–Trinajstić information content (AvgIpc) is 3.38. The van der Waals surface area contributed by atoms with Gasteiger partial charge in [-0.05, 0) is 42.7 Å². The summed E-state index contributed by atoms with van der Waals surface area (Å²) < 4.78 is 6.07. The summed E-state index contributed by atoms with van der Waals surface area (Å²) >= 11 is 12.2. The topological polar surface area (TPSA) is 140 Å². The lowest BCUT2D eigenvalue weighted by molar-refractivity contribution is 0.0945. The second-order valence-corrected chi connectivity index (χ2v) is 8.21. The molecule has 13 heteroatoms. The maximum Gasteiger partial charge on any atom is 0.293 e. The number of carbonyl (C=O) groups is 1. The number of nitrogens with two attached hydrogens (primary N) is 1. The van der Waals surface area contributed by atoms with Crippen LogP contribution in [0, 0.1) is 0 Å². The van der Waals surface area contributed by atoms with Gasteiger partial charge in [0.2, 0.25) is 11.6 Å². The van der Waals surface area contributed by atoms with E-state index in [1.54, 1.807) is 18.2 Å². The minimum absolute atomic E-state index is 0.0448. The molecule has 1 aliphatic heterocycles. The first-order valence-electron chi connectivity index (χ1n) is 10.00. The molecule has 0 saturated carbocycles. The summed E-state index contributed by atoms with van der Waals surface area (Å²) in [5, 5.41) is 20.2. The van der Waals surface area contributed by atoms with Crippen molar-refractivity contribution in [3.8, 4) is 5.82 Å². The zero-order valence-corrected chi connectivity index (χ0v) is 18.7. The van der Waals surface area contributed by atoms with Gasteiger partial charge in [-0.1, -0.05) is 47.0 Å². The minimum Gasteiger partial charge on any atom is -0.378 e. The van der Waals surface area contributed by atoms with Crippen molar-refractivity contribution >= 4 is 41.1 Å². The Labute approximate surface area is 193 Å². The SMILES string of the molecule is CC1CCCCN1Cc1c(C(=O)NN=Cc2cccc(Cl)c2Cl)nnn1-c1nonc1N. The molecular weight excluding hydrogens is 457 g/mol. The van der Waals surface area contributed by atoms with Crippen molar-refractivity contribution in [2.75, 3.05) is 12.3 Å². The van der Waals surface area contributed by atoms with Crippen LogP contribution in [0.15, 0.2) is 27.9 Å². The maximum absolute atomic E-state index is 12.9. The largest absolute Gasteiger partial charge is 0.378 e. The fourth-order valence-corrected chi connectivity index (χ4v) is 3.90. The number of nitrogens with zero attached hydrogens (tertiary/aromatic N) is 7. The number of hydrogen-bond donors (Lipinski definition) is 2. The van der Waals surface area contributed by atoms with Crippen molar-refractivity contribution in [2.24, 2.45) is 5.10 Å². The van der Waals surface area contributed by atoms with E-state index in [0.717, 1.165) is 19.4 Å². The van der Waals surface area contributed by atoms with Gasteiger partial charge in [0.05, 0.1) is 22.0 Å². The van der Waals surface area contributed by atoms with Gasteiger partial charge >= 0.3 is 0 Å². The molecule has 11 nitrogen and oxygen atoms in total. The van der Waals surface area contributed by atoms with Crippen LogP contribution in [0.2, 0.25) is 10.0 Å². The summed E-state index contributed by atoms with van der Waals surface area (Å²) in [5.74, 6) is -0.325. The second kappa shape index (κ2) is 9.63. The van der Waals surface area contributed by atoms with Crippen LogP contribution in [0.5, 0.6) is 0 Å². The van der Waals surface area contributed by atoms with Crippen molar-refractivity contribution in [1.82, 2.24) is 35.6 Å². The van der Waals surface area contributed by atoms with E-state index in [-0.39, 0.29) is 17.3 Å². The third-order valence-electron chi connectivity index (χ3n) is 5.32. The summed E-state index contributed by atoms with van der Waals surface area (Å²) in [6.45, 7) is 3.47. The molecule has 1 aromatic carbocycles. The highest BCUT2D eigenvalue weighted by Crippen LogP contribution is 2.24. The van der Waals surface area contributed by atoms with E-state index in [4.69, 9.17) is 33.6 Å². The molecule has 1 aliphatic rings. The Morgan fingerprint density at radius 3 is 2.97 bits per heavy atom. The van der Waals surface area contributed by atoms with Gasteiger partial charge in [-0.2, -0.15) is 9.78 Å². The van der Waals surface area contributed by atoms with E-state index in [1.807, 2.05) is 0 Å². The summed E-state index contributed by atoms with van der Waals surface area (Å²) in [6.07, 6.45) is 4.72. The van der Waals surface area contributed by atoms with Crippen LogP contribution >= 0.6 is 23.2 Å². The molecule has 1 fully saturated rings. The first kappa shape index (κ1) is 22.2. The standard InChI is InChI=1S/C19H21Cl2N9O2/c1-11-5-2-3-8-29(11)10-14-16(24-28-30(14)18-17(22)26-32-27-18)19(31)25-23-9-12-6-4-7-13(20)15(12)21/h4,6-7,9,11H,2-3,5,8,10H2,1H3,(H2,22,26)(H,25,31). The smallest absolute Gasteiger partial charge is 0.293 e. The highest BCUT2D eigenvalue weighted by molar-refractivity contribution is 6.43. The Morgan fingerprint density at radius 1 is 1.38 bits per heavy atom. The number of carbonyl (C=O) groups excluding carboxylic acids is 1. The van der Waals surface area contributed by atoms with Crippen LogP contribution in [-0.2, 0) is 6.54 Å². The highest BCUT2D eigenvalue weighted by Gasteiger charge is 2.28. The molecule has 1 unspecified atom stereocenters. The summed E-state index contributed by atoms with van der Waals surface area (Å²) in [4.78, 5) is 15.1. The summed E-state index contributed by atoms with van der Waals surface area (Å²) in [6, 6.07) is 5.47. The Balaban J connectivity index is 1.60. The van der Waals surface area contributed by atoms with Gasteiger partial charge < -0.3 is 5.73 Å². The second-order valence-electron chi connectivity index (χ2n) is 7.43. The van der Waals surface area contributed by atoms with E-state index in [9.17, 15) is 4.79 Å². The molecule has 3 heterocycles. The van der Waals surface area contributed by atoms with Crippen molar-refractivity contribution in [3.63, 3.8) is 0 Å². The van der Waals surface area contributed by atoms with Crippen molar-refractivity contribution in [1.29, 1.82) is 0 Å². The predicted molar refractivity (Wildman–Crippen MR) is 119 cm³/mol. The zero-order valence-electron chi connectivity index (χ0n) is 17.2. The molecule has 2 aromatic heterocycles. The van der Waals surface area contributed by atoms with Crippen LogP contribution in [0.4, 0.5) is 5.82 Å². The van der Waals surface area contributed by atoms with Crippen molar-refractivity contribution < 1.29 is 9.42 Å². The number of nitrogen functional groups attached to an aromatic ring is 1. The summed E-state index contributed by atoms with van der Waals surface area (Å²) in [5.41, 5.74) is 9.47. The molecule has 4 rings (SSSR count). The molecule has 0 spiro atoms. The first-order valence-corrected chi connectivity index (χ1v) is 10.8. The fraction of sp³-hybridized carbons (Fsp3) is 0.368. The third-order valence-corrected chi connectivity index (χ3v) is 6.15. The first-order chi connectivity index (χ1) is 15.5. The number of amides is 1.